The number of aromatic nitrogens is 2. The second kappa shape index (κ2) is 7.79. The molecule has 1 aliphatic rings. The molecule has 0 saturated heterocycles. The van der Waals surface area contributed by atoms with Crippen LogP contribution in [0.25, 0.3) is 11.0 Å². The van der Waals surface area contributed by atoms with Gasteiger partial charge in [0.1, 0.15) is 5.69 Å². The molecule has 0 radical (unpaired) electrons. The van der Waals surface area contributed by atoms with Crippen LogP contribution in [-0.4, -0.2) is 33.8 Å². The first-order valence-electron chi connectivity index (χ1n) is 9.96. The summed E-state index contributed by atoms with van der Waals surface area (Å²) >= 11 is 0. The first-order valence-corrected chi connectivity index (χ1v) is 9.96. The summed E-state index contributed by atoms with van der Waals surface area (Å²) in [5.41, 5.74) is 3.36. The number of nitrogens with one attached hydrogen (secondary N) is 1. The predicted molar refractivity (Wildman–Crippen MR) is 115 cm³/mol. The van der Waals surface area contributed by atoms with Crippen molar-refractivity contribution in [1.82, 2.24) is 9.55 Å². The van der Waals surface area contributed by atoms with E-state index in [1.807, 2.05) is 6.92 Å². The Kier molecular flexibility index (Phi) is 5.14. The number of Topliss-reactive ketones (excluding diaryl/α,β-unsaturated/α-hetero) is 1. The number of amides is 1. The molecule has 1 aliphatic heterocycles. The van der Waals surface area contributed by atoms with Crippen LogP contribution in [0.2, 0.25) is 0 Å². The number of esters is 1. The lowest BCUT2D eigenvalue weighted by Gasteiger charge is -2.10. The molecule has 0 aliphatic carbocycles. The SMILES string of the molecule is CCn1c(=O)c(C)nc2cc(C(=O)OCC(=O)c3ccc4c(c3)[C@H](C)C(=O)N4)ccc21. The number of rotatable bonds is 5. The molecule has 158 valence electrons. The van der Waals surface area contributed by atoms with Gasteiger partial charge in [0.25, 0.3) is 5.56 Å². The van der Waals surface area contributed by atoms with Crippen LogP contribution in [0.4, 0.5) is 5.69 Å². The molecule has 2 heterocycles. The minimum absolute atomic E-state index is 0.111. The van der Waals surface area contributed by atoms with Crippen LogP contribution in [0, 0.1) is 6.92 Å². The van der Waals surface area contributed by atoms with E-state index in [1.165, 1.54) is 0 Å². The van der Waals surface area contributed by atoms with E-state index in [0.717, 1.165) is 5.56 Å². The summed E-state index contributed by atoms with van der Waals surface area (Å²) in [6.07, 6.45) is 0. The Labute approximate surface area is 177 Å². The number of ketones is 1. The normalized spacial score (nSPS) is 14.9. The Morgan fingerprint density at radius 1 is 1.13 bits per heavy atom. The molecule has 8 nitrogen and oxygen atoms in total. The van der Waals surface area contributed by atoms with E-state index in [1.54, 1.807) is 54.8 Å². The molecule has 0 saturated carbocycles. The van der Waals surface area contributed by atoms with Crippen molar-refractivity contribution in [3.63, 3.8) is 0 Å². The molecule has 0 unspecified atom stereocenters. The third-order valence-corrected chi connectivity index (χ3v) is 5.49. The summed E-state index contributed by atoms with van der Waals surface area (Å²) in [5.74, 6) is -1.47. The number of anilines is 1. The van der Waals surface area contributed by atoms with Gasteiger partial charge in [-0.2, -0.15) is 0 Å². The zero-order valence-corrected chi connectivity index (χ0v) is 17.4. The Morgan fingerprint density at radius 2 is 1.87 bits per heavy atom. The van der Waals surface area contributed by atoms with Gasteiger partial charge in [-0.3, -0.25) is 14.4 Å². The van der Waals surface area contributed by atoms with Gasteiger partial charge in [-0.25, -0.2) is 9.78 Å². The van der Waals surface area contributed by atoms with Crippen molar-refractivity contribution >= 4 is 34.4 Å². The van der Waals surface area contributed by atoms with E-state index >= 15 is 0 Å². The topological polar surface area (TPSA) is 107 Å². The van der Waals surface area contributed by atoms with Crippen LogP contribution in [-0.2, 0) is 16.1 Å². The third kappa shape index (κ3) is 3.61. The maximum atomic E-state index is 12.5. The van der Waals surface area contributed by atoms with Gasteiger partial charge in [-0.1, -0.05) is 0 Å². The number of fused-ring (bicyclic) bond motifs is 2. The van der Waals surface area contributed by atoms with Crippen molar-refractivity contribution in [3.05, 3.63) is 69.1 Å². The highest BCUT2D eigenvalue weighted by atomic mass is 16.5. The average molecular weight is 419 g/mol. The average Bonchev–Trinajstić information content (AvgIpc) is 3.05. The van der Waals surface area contributed by atoms with Crippen LogP contribution in [0.5, 0.6) is 0 Å². The van der Waals surface area contributed by atoms with Gasteiger partial charge in [0.05, 0.1) is 22.5 Å². The van der Waals surface area contributed by atoms with Crippen molar-refractivity contribution < 1.29 is 19.1 Å². The van der Waals surface area contributed by atoms with E-state index in [9.17, 15) is 19.2 Å². The molecule has 1 N–H and O–H groups in total. The lowest BCUT2D eigenvalue weighted by atomic mass is 9.99. The molecule has 4 rings (SSSR count). The maximum absolute atomic E-state index is 12.5. The smallest absolute Gasteiger partial charge is 0.338 e. The van der Waals surface area contributed by atoms with Crippen LogP contribution in [0.1, 0.15) is 51.7 Å². The number of hydrogen-bond acceptors (Lipinski definition) is 6. The van der Waals surface area contributed by atoms with E-state index in [2.05, 4.69) is 10.3 Å². The van der Waals surface area contributed by atoms with Crippen molar-refractivity contribution in [1.29, 1.82) is 0 Å². The Balaban J connectivity index is 1.51. The summed E-state index contributed by atoms with van der Waals surface area (Å²) < 4.78 is 6.79. The zero-order valence-electron chi connectivity index (χ0n) is 17.4. The first-order chi connectivity index (χ1) is 14.8. The van der Waals surface area contributed by atoms with E-state index in [0.29, 0.717) is 34.5 Å². The number of carbonyl (C=O) groups is 3. The van der Waals surface area contributed by atoms with Gasteiger partial charge in [0.15, 0.2) is 12.4 Å². The van der Waals surface area contributed by atoms with Gasteiger partial charge in [-0.15, -0.1) is 0 Å². The van der Waals surface area contributed by atoms with Crippen molar-refractivity contribution in [2.24, 2.45) is 0 Å². The molecule has 2 aromatic carbocycles. The highest BCUT2D eigenvalue weighted by Crippen LogP contribution is 2.32. The molecule has 1 atom stereocenters. The van der Waals surface area contributed by atoms with Crippen molar-refractivity contribution in [3.8, 4) is 0 Å². The number of ether oxygens (including phenoxy) is 1. The van der Waals surface area contributed by atoms with Crippen LogP contribution in [0.3, 0.4) is 0 Å². The number of carbonyl (C=O) groups excluding carboxylic acids is 3. The minimum atomic E-state index is -0.657. The van der Waals surface area contributed by atoms with Crippen molar-refractivity contribution in [2.75, 3.05) is 11.9 Å². The fourth-order valence-corrected chi connectivity index (χ4v) is 3.70. The Bertz CT molecular complexity index is 1310. The van der Waals surface area contributed by atoms with Gasteiger partial charge in [0.2, 0.25) is 5.91 Å². The zero-order chi connectivity index (χ0) is 22.3. The second-order valence-electron chi connectivity index (χ2n) is 7.46. The van der Waals surface area contributed by atoms with Gasteiger partial charge >= 0.3 is 5.97 Å². The van der Waals surface area contributed by atoms with E-state index in [4.69, 9.17) is 4.74 Å². The monoisotopic (exact) mass is 419 g/mol. The number of aryl methyl sites for hydroxylation is 2. The maximum Gasteiger partial charge on any atom is 0.338 e. The van der Waals surface area contributed by atoms with Crippen LogP contribution >= 0.6 is 0 Å². The summed E-state index contributed by atoms with van der Waals surface area (Å²) in [6.45, 7) is 5.31. The van der Waals surface area contributed by atoms with Crippen LogP contribution < -0.4 is 10.9 Å². The lowest BCUT2D eigenvalue weighted by Crippen LogP contribution is -2.23. The molecule has 31 heavy (non-hydrogen) atoms. The number of benzene rings is 2. The molecule has 0 spiro atoms. The molecule has 0 fully saturated rings. The highest BCUT2D eigenvalue weighted by Gasteiger charge is 2.27. The Hall–Kier alpha value is -3.81. The van der Waals surface area contributed by atoms with E-state index < -0.39 is 12.6 Å². The standard InChI is InChI=1S/C23H21N3O5/c1-4-26-19-8-6-15(10-18(19)24-13(3)22(26)29)23(30)31-11-20(27)14-5-7-17-16(9-14)12(2)21(28)25-17/h5-10,12H,4,11H2,1-3H3,(H,25,28)/t12-/m0/s1. The molecule has 0 bridgehead atoms. The lowest BCUT2D eigenvalue weighted by molar-refractivity contribution is -0.116. The largest absolute Gasteiger partial charge is 0.454 e. The highest BCUT2D eigenvalue weighted by molar-refractivity contribution is 6.05. The summed E-state index contributed by atoms with van der Waals surface area (Å²) in [5, 5.41) is 2.75. The molecule has 3 aromatic rings. The van der Waals surface area contributed by atoms with Crippen molar-refractivity contribution in [2.45, 2.75) is 33.2 Å². The fraction of sp³-hybridized carbons (Fsp3) is 0.261. The quantitative estimate of drug-likeness (QED) is 0.503. The molecular weight excluding hydrogens is 398 g/mol. The Morgan fingerprint density at radius 3 is 2.61 bits per heavy atom. The van der Waals surface area contributed by atoms with Gasteiger partial charge in [-0.05, 0) is 62.7 Å². The third-order valence-electron chi connectivity index (χ3n) is 5.49. The molecule has 1 aromatic heterocycles. The summed E-state index contributed by atoms with van der Waals surface area (Å²) in [6, 6.07) is 9.68. The minimum Gasteiger partial charge on any atom is -0.454 e. The molecule has 1 amide bonds. The predicted octanol–water partition coefficient (Wildman–Crippen LogP) is 2.82. The molecule has 8 heteroatoms. The fourth-order valence-electron chi connectivity index (χ4n) is 3.70. The molecular formula is C23H21N3O5. The number of hydrogen-bond donors (Lipinski definition) is 1. The van der Waals surface area contributed by atoms with Crippen LogP contribution in [0.15, 0.2) is 41.2 Å². The van der Waals surface area contributed by atoms with Gasteiger partial charge < -0.3 is 14.6 Å². The first kappa shape index (κ1) is 20.5. The van der Waals surface area contributed by atoms with Gasteiger partial charge in [0, 0.05) is 17.8 Å². The number of nitrogens with zero attached hydrogens (tertiary/aromatic N) is 2. The second-order valence-corrected chi connectivity index (χ2v) is 7.46. The summed E-state index contributed by atoms with van der Waals surface area (Å²) in [7, 11) is 0. The summed E-state index contributed by atoms with van der Waals surface area (Å²) in [4.78, 5) is 53.2. The van der Waals surface area contributed by atoms with E-state index in [-0.39, 0.29) is 28.7 Å².